The van der Waals surface area contributed by atoms with Crippen LogP contribution in [-0.2, 0) is 22.7 Å². The molecule has 2 heterocycles. The van der Waals surface area contributed by atoms with Crippen molar-refractivity contribution in [3.05, 3.63) is 101 Å². The van der Waals surface area contributed by atoms with E-state index in [-0.39, 0.29) is 30.9 Å². The maximum atomic E-state index is 13.9. The Morgan fingerprint density at radius 3 is 2.28 bits per heavy atom. The molecule has 3 aromatic carbocycles. The van der Waals surface area contributed by atoms with Crippen molar-refractivity contribution < 1.29 is 19.1 Å². The van der Waals surface area contributed by atoms with E-state index in [9.17, 15) is 14.4 Å². The summed E-state index contributed by atoms with van der Waals surface area (Å²) in [6, 6.07) is 23.6. The number of carbonyl (C=O) groups is 3. The first-order chi connectivity index (χ1) is 18.9. The molecule has 39 heavy (non-hydrogen) atoms. The lowest BCUT2D eigenvalue weighted by Crippen LogP contribution is -2.73. The molecule has 2 saturated heterocycles. The first-order valence-electron chi connectivity index (χ1n) is 13.0. The number of benzene rings is 3. The van der Waals surface area contributed by atoms with Gasteiger partial charge in [-0.15, -0.1) is 0 Å². The van der Waals surface area contributed by atoms with Gasteiger partial charge in [-0.25, -0.2) is 14.8 Å². The zero-order valence-electron chi connectivity index (χ0n) is 22.4. The molecule has 0 unspecified atom stereocenters. The van der Waals surface area contributed by atoms with E-state index >= 15 is 0 Å². The van der Waals surface area contributed by atoms with Gasteiger partial charge in [-0.05, 0) is 35.7 Å². The molecule has 3 aromatic rings. The Bertz CT molecular complexity index is 1330. The van der Waals surface area contributed by atoms with Crippen molar-refractivity contribution in [2.75, 3.05) is 27.2 Å². The molecule has 5 rings (SSSR count). The number of amides is 4. The standard InChI is InChI=1S/C30H33N5O4/c1-21-9-11-23(12-10-21)18-33-19-26-34(28(29(33)37)24-7-5-4-6-8-24)27(36)20-32(2)35(26)30(38)31-17-22-13-15-25(39-3)16-14-22/h4-16,26,28H,17-20H2,1-3H3,(H,31,38)/t26-,28-/m0/s1. The van der Waals surface area contributed by atoms with Gasteiger partial charge >= 0.3 is 6.03 Å². The van der Waals surface area contributed by atoms with E-state index in [2.05, 4.69) is 5.32 Å². The lowest BCUT2D eigenvalue weighted by Gasteiger charge is -2.54. The highest BCUT2D eigenvalue weighted by atomic mass is 16.5. The van der Waals surface area contributed by atoms with Gasteiger partial charge in [-0.1, -0.05) is 72.3 Å². The van der Waals surface area contributed by atoms with E-state index in [4.69, 9.17) is 4.74 Å². The third-order valence-corrected chi connectivity index (χ3v) is 7.25. The fourth-order valence-electron chi connectivity index (χ4n) is 5.21. The molecule has 0 spiro atoms. The van der Waals surface area contributed by atoms with Gasteiger partial charge in [0.25, 0.3) is 5.91 Å². The number of methoxy groups -OCH3 is 1. The van der Waals surface area contributed by atoms with Gasteiger partial charge in [0.1, 0.15) is 18.0 Å². The largest absolute Gasteiger partial charge is 0.497 e. The summed E-state index contributed by atoms with van der Waals surface area (Å²) in [4.78, 5) is 44.3. The highest BCUT2D eigenvalue weighted by Gasteiger charge is 2.51. The molecule has 1 N–H and O–H groups in total. The van der Waals surface area contributed by atoms with Crippen molar-refractivity contribution in [1.29, 1.82) is 0 Å². The number of aryl methyl sites for hydroxylation is 1. The molecule has 0 aliphatic carbocycles. The summed E-state index contributed by atoms with van der Waals surface area (Å²) < 4.78 is 5.21. The van der Waals surface area contributed by atoms with E-state index in [1.165, 1.54) is 0 Å². The van der Waals surface area contributed by atoms with Gasteiger partial charge in [0.2, 0.25) is 5.91 Å². The third-order valence-electron chi connectivity index (χ3n) is 7.25. The molecule has 0 saturated carbocycles. The van der Waals surface area contributed by atoms with E-state index in [0.717, 1.165) is 28.0 Å². The summed E-state index contributed by atoms with van der Waals surface area (Å²) in [5.74, 6) is 0.385. The molecule has 9 nitrogen and oxygen atoms in total. The van der Waals surface area contributed by atoms with Crippen molar-refractivity contribution >= 4 is 17.8 Å². The summed E-state index contributed by atoms with van der Waals surface area (Å²) >= 11 is 0. The molecule has 0 radical (unpaired) electrons. The fourth-order valence-corrected chi connectivity index (χ4v) is 5.21. The predicted molar refractivity (Wildman–Crippen MR) is 146 cm³/mol. The number of carbonyl (C=O) groups excluding carboxylic acids is 3. The number of hydrazine groups is 1. The average Bonchev–Trinajstić information content (AvgIpc) is 2.94. The molecule has 9 heteroatoms. The maximum absolute atomic E-state index is 13.9. The van der Waals surface area contributed by atoms with Crippen LogP contribution in [-0.4, -0.2) is 71.1 Å². The van der Waals surface area contributed by atoms with Crippen molar-refractivity contribution in [2.45, 2.75) is 32.2 Å². The van der Waals surface area contributed by atoms with Crippen LogP contribution in [0.1, 0.15) is 28.3 Å². The quantitative estimate of drug-likeness (QED) is 0.532. The van der Waals surface area contributed by atoms with Crippen LogP contribution in [0, 0.1) is 6.92 Å². The molecule has 2 aliphatic rings. The second-order valence-electron chi connectivity index (χ2n) is 9.97. The van der Waals surface area contributed by atoms with Crippen LogP contribution >= 0.6 is 0 Å². The minimum absolute atomic E-state index is 0.0129. The van der Waals surface area contributed by atoms with Crippen LogP contribution in [0.3, 0.4) is 0 Å². The van der Waals surface area contributed by atoms with Gasteiger partial charge in [0.05, 0.1) is 20.2 Å². The average molecular weight is 528 g/mol. The molecule has 202 valence electrons. The number of piperazine rings is 1. The Kier molecular flexibility index (Phi) is 7.51. The number of ether oxygens (including phenoxy) is 1. The zero-order chi connectivity index (χ0) is 27.5. The number of nitrogens with one attached hydrogen (secondary N) is 1. The van der Waals surface area contributed by atoms with E-state index in [0.29, 0.717) is 13.1 Å². The SMILES string of the molecule is COc1ccc(CNC(=O)N2[C@H]3CN(Cc4ccc(C)cc4)C(=O)[C@H](c4ccccc4)N3C(=O)CN2C)cc1. The number of likely N-dealkylation sites (N-methyl/N-ethyl adjacent to an activating group) is 1. The lowest BCUT2D eigenvalue weighted by atomic mass is 9.98. The number of rotatable bonds is 6. The Morgan fingerprint density at radius 1 is 0.949 bits per heavy atom. The first kappa shape index (κ1) is 26.2. The fraction of sp³-hybridized carbons (Fsp3) is 0.300. The maximum Gasteiger partial charge on any atom is 0.334 e. The van der Waals surface area contributed by atoms with Gasteiger partial charge in [-0.3, -0.25) is 9.59 Å². The van der Waals surface area contributed by atoms with Gasteiger partial charge in [0, 0.05) is 20.1 Å². The van der Waals surface area contributed by atoms with Crippen LogP contribution in [0.25, 0.3) is 0 Å². The normalized spacial score (nSPS) is 19.6. The molecule has 2 atom stereocenters. The Balaban J connectivity index is 1.44. The van der Waals surface area contributed by atoms with Crippen molar-refractivity contribution in [2.24, 2.45) is 0 Å². The Labute approximate surface area is 228 Å². The molecular weight excluding hydrogens is 494 g/mol. The van der Waals surface area contributed by atoms with Crippen LogP contribution in [0.5, 0.6) is 5.75 Å². The highest BCUT2D eigenvalue weighted by molar-refractivity contribution is 5.92. The summed E-state index contributed by atoms with van der Waals surface area (Å²) in [5.41, 5.74) is 3.76. The topological polar surface area (TPSA) is 85.4 Å². The van der Waals surface area contributed by atoms with Crippen LogP contribution < -0.4 is 10.1 Å². The third kappa shape index (κ3) is 5.44. The number of urea groups is 1. The van der Waals surface area contributed by atoms with Crippen molar-refractivity contribution in [1.82, 2.24) is 25.1 Å². The number of fused-ring (bicyclic) bond motifs is 1. The monoisotopic (exact) mass is 527 g/mol. The van der Waals surface area contributed by atoms with Gasteiger partial charge < -0.3 is 19.9 Å². The smallest absolute Gasteiger partial charge is 0.334 e. The van der Waals surface area contributed by atoms with E-state index < -0.39 is 12.2 Å². The van der Waals surface area contributed by atoms with Crippen LogP contribution in [0.4, 0.5) is 4.79 Å². The van der Waals surface area contributed by atoms with Gasteiger partial charge in [0.15, 0.2) is 0 Å². The molecule has 2 aliphatic heterocycles. The first-order valence-corrected chi connectivity index (χ1v) is 13.0. The van der Waals surface area contributed by atoms with Crippen LogP contribution in [0.2, 0.25) is 0 Å². The van der Waals surface area contributed by atoms with Crippen LogP contribution in [0.15, 0.2) is 78.9 Å². The lowest BCUT2D eigenvalue weighted by molar-refractivity contribution is -0.188. The molecular formula is C30H33N5O4. The van der Waals surface area contributed by atoms with E-state index in [1.54, 1.807) is 34.0 Å². The minimum atomic E-state index is -0.825. The molecule has 2 fully saturated rings. The number of nitrogens with zero attached hydrogens (tertiary/aromatic N) is 4. The van der Waals surface area contributed by atoms with Crippen molar-refractivity contribution in [3.63, 3.8) is 0 Å². The summed E-state index contributed by atoms with van der Waals surface area (Å²) in [5, 5.41) is 6.18. The highest BCUT2D eigenvalue weighted by Crippen LogP contribution is 2.35. The summed E-state index contributed by atoms with van der Waals surface area (Å²) in [6.07, 6.45) is -0.666. The molecule has 4 amide bonds. The summed E-state index contributed by atoms with van der Waals surface area (Å²) in [6.45, 7) is 2.89. The predicted octanol–water partition coefficient (Wildman–Crippen LogP) is 3.31. The number of hydrogen-bond acceptors (Lipinski definition) is 5. The Hall–Kier alpha value is -4.37. The number of hydrogen-bond donors (Lipinski definition) is 1. The summed E-state index contributed by atoms with van der Waals surface area (Å²) in [7, 11) is 3.33. The van der Waals surface area contributed by atoms with Gasteiger partial charge in [-0.2, -0.15) is 0 Å². The van der Waals surface area contributed by atoms with Crippen molar-refractivity contribution in [3.8, 4) is 5.75 Å². The second-order valence-corrected chi connectivity index (χ2v) is 9.97. The molecule has 0 bridgehead atoms. The zero-order valence-corrected chi connectivity index (χ0v) is 22.4. The minimum Gasteiger partial charge on any atom is -0.497 e. The Morgan fingerprint density at radius 2 is 1.62 bits per heavy atom. The molecule has 0 aromatic heterocycles. The second kappa shape index (κ2) is 11.2. The van der Waals surface area contributed by atoms with E-state index in [1.807, 2.05) is 85.8 Å².